The van der Waals surface area contributed by atoms with Crippen LogP contribution in [0.3, 0.4) is 0 Å². The molecule has 1 aromatic heterocycles. The summed E-state index contributed by atoms with van der Waals surface area (Å²) in [5.41, 5.74) is -0.0173. The highest BCUT2D eigenvalue weighted by molar-refractivity contribution is 7.99. The Morgan fingerprint density at radius 3 is 2.50 bits per heavy atom. The first-order chi connectivity index (χ1) is 7.77. The molecule has 0 fully saturated rings. The molecule has 5 heteroatoms. The van der Waals surface area contributed by atoms with Crippen LogP contribution in [0.4, 0.5) is 0 Å². The topological polar surface area (TPSA) is 63.1 Å². The van der Waals surface area contributed by atoms with Crippen molar-refractivity contribution in [2.75, 3.05) is 0 Å². The lowest BCUT2D eigenvalue weighted by molar-refractivity contribution is 0.0685. The Kier molecular flexibility index (Phi) is 3.16. The zero-order chi connectivity index (χ0) is 11.4. The van der Waals surface area contributed by atoms with Gasteiger partial charge in [-0.3, -0.25) is 0 Å². The number of hydrogen-bond acceptors (Lipinski definition) is 4. The third-order valence-corrected chi connectivity index (χ3v) is 2.82. The Morgan fingerprint density at radius 2 is 1.81 bits per heavy atom. The van der Waals surface area contributed by atoms with Crippen LogP contribution in [0.25, 0.3) is 0 Å². The van der Waals surface area contributed by atoms with Crippen molar-refractivity contribution < 1.29 is 9.90 Å². The molecule has 0 saturated heterocycles. The zero-order valence-corrected chi connectivity index (χ0v) is 9.02. The highest BCUT2D eigenvalue weighted by Crippen LogP contribution is 2.27. The van der Waals surface area contributed by atoms with Crippen molar-refractivity contribution in [3.8, 4) is 0 Å². The van der Waals surface area contributed by atoms with Crippen molar-refractivity contribution in [1.29, 1.82) is 0 Å². The van der Waals surface area contributed by atoms with Gasteiger partial charge >= 0.3 is 5.97 Å². The predicted octanol–water partition coefficient (Wildman–Crippen LogP) is 2.33. The maximum atomic E-state index is 10.9. The Labute approximate surface area is 96.4 Å². The lowest BCUT2D eigenvalue weighted by Crippen LogP contribution is -2.03. The van der Waals surface area contributed by atoms with E-state index in [0.717, 1.165) is 4.90 Å². The van der Waals surface area contributed by atoms with Crippen LogP contribution in [-0.2, 0) is 0 Å². The normalized spacial score (nSPS) is 10.0. The van der Waals surface area contributed by atoms with Crippen LogP contribution in [-0.4, -0.2) is 21.0 Å². The van der Waals surface area contributed by atoms with E-state index in [1.54, 1.807) is 0 Å². The van der Waals surface area contributed by atoms with Crippen LogP contribution in [0.5, 0.6) is 0 Å². The first-order valence-corrected chi connectivity index (χ1v) is 5.36. The molecule has 0 saturated carbocycles. The molecule has 4 nitrogen and oxygen atoms in total. The van der Waals surface area contributed by atoms with Crippen molar-refractivity contribution in [2.24, 2.45) is 0 Å². The molecule has 0 radical (unpaired) electrons. The summed E-state index contributed by atoms with van der Waals surface area (Å²) in [6, 6.07) is 9.47. The second-order valence-electron chi connectivity index (χ2n) is 2.93. The van der Waals surface area contributed by atoms with Crippen LogP contribution >= 0.6 is 11.8 Å². The zero-order valence-electron chi connectivity index (χ0n) is 8.20. The number of nitrogens with zero attached hydrogens (tertiary/aromatic N) is 2. The quantitative estimate of drug-likeness (QED) is 0.879. The standard InChI is InChI=1S/C11H8N2O2S/c14-11(15)9-10(13-7-6-12-9)16-8-4-2-1-3-5-8/h1-7H,(H,14,15). The van der Waals surface area contributed by atoms with E-state index < -0.39 is 5.97 Å². The van der Waals surface area contributed by atoms with Crippen LogP contribution < -0.4 is 0 Å². The fourth-order valence-corrected chi connectivity index (χ4v) is 2.01. The Bertz CT molecular complexity index is 502. The summed E-state index contributed by atoms with van der Waals surface area (Å²) in [5, 5.41) is 9.33. The molecule has 0 amide bonds. The molecule has 1 N–H and O–H groups in total. The molecule has 2 rings (SSSR count). The highest BCUT2D eigenvalue weighted by Gasteiger charge is 2.13. The highest BCUT2D eigenvalue weighted by atomic mass is 32.2. The molecule has 1 aromatic carbocycles. The maximum absolute atomic E-state index is 10.9. The van der Waals surface area contributed by atoms with Crippen molar-refractivity contribution in [1.82, 2.24) is 9.97 Å². The summed E-state index contributed by atoms with van der Waals surface area (Å²) >= 11 is 1.29. The maximum Gasteiger partial charge on any atom is 0.357 e. The number of carboxylic acid groups (broad SMARTS) is 1. The van der Waals surface area contributed by atoms with Crippen molar-refractivity contribution in [3.63, 3.8) is 0 Å². The minimum absolute atomic E-state index is 0.0173. The third kappa shape index (κ3) is 2.38. The summed E-state index contributed by atoms with van der Waals surface area (Å²) in [4.78, 5) is 19.6. The van der Waals surface area contributed by atoms with E-state index in [9.17, 15) is 4.79 Å². The summed E-state index contributed by atoms with van der Waals surface area (Å²) in [7, 11) is 0. The van der Waals surface area contributed by atoms with Gasteiger partial charge in [0.2, 0.25) is 0 Å². The van der Waals surface area contributed by atoms with E-state index in [1.165, 1.54) is 24.2 Å². The van der Waals surface area contributed by atoms with Crippen molar-refractivity contribution >= 4 is 17.7 Å². The first-order valence-electron chi connectivity index (χ1n) is 4.54. The molecule has 0 aliphatic rings. The third-order valence-electron chi connectivity index (χ3n) is 1.82. The number of carbonyl (C=O) groups is 1. The number of hydrogen-bond donors (Lipinski definition) is 1. The molecule has 0 aliphatic carbocycles. The van der Waals surface area contributed by atoms with Gasteiger partial charge in [-0.15, -0.1) is 0 Å². The van der Waals surface area contributed by atoms with E-state index >= 15 is 0 Å². The molecule has 1 heterocycles. The molecule has 0 atom stereocenters. The van der Waals surface area contributed by atoms with Gasteiger partial charge in [0.15, 0.2) is 5.69 Å². The lowest BCUT2D eigenvalue weighted by Gasteiger charge is -2.02. The predicted molar refractivity (Wildman–Crippen MR) is 59.6 cm³/mol. The van der Waals surface area contributed by atoms with E-state index in [0.29, 0.717) is 5.03 Å². The molecule has 0 bridgehead atoms. The van der Waals surface area contributed by atoms with E-state index in [2.05, 4.69) is 9.97 Å². The Balaban J connectivity index is 2.31. The van der Waals surface area contributed by atoms with Gasteiger partial charge in [-0.25, -0.2) is 14.8 Å². The molecule has 0 aliphatic heterocycles. The fourth-order valence-electron chi connectivity index (χ4n) is 1.15. The van der Waals surface area contributed by atoms with E-state index in [1.807, 2.05) is 30.3 Å². The molecular formula is C11H8N2O2S. The van der Waals surface area contributed by atoms with Crippen LogP contribution in [0.15, 0.2) is 52.6 Å². The largest absolute Gasteiger partial charge is 0.476 e. The smallest absolute Gasteiger partial charge is 0.357 e. The SMILES string of the molecule is O=C(O)c1nccnc1Sc1ccccc1. The van der Waals surface area contributed by atoms with Crippen LogP contribution in [0.1, 0.15) is 10.5 Å². The average molecular weight is 232 g/mol. The molecule has 2 aromatic rings. The van der Waals surface area contributed by atoms with Gasteiger partial charge in [0, 0.05) is 17.3 Å². The van der Waals surface area contributed by atoms with Crippen LogP contribution in [0, 0.1) is 0 Å². The minimum atomic E-state index is -1.06. The van der Waals surface area contributed by atoms with E-state index in [4.69, 9.17) is 5.11 Å². The monoisotopic (exact) mass is 232 g/mol. The van der Waals surface area contributed by atoms with Crippen LogP contribution in [0.2, 0.25) is 0 Å². The van der Waals surface area contributed by atoms with Crippen molar-refractivity contribution in [3.05, 3.63) is 48.4 Å². The van der Waals surface area contributed by atoms with E-state index in [-0.39, 0.29) is 5.69 Å². The number of aromatic carboxylic acids is 1. The summed E-state index contributed by atoms with van der Waals surface area (Å²) < 4.78 is 0. The molecule has 0 spiro atoms. The van der Waals surface area contributed by atoms with Gasteiger partial charge in [0.1, 0.15) is 5.03 Å². The minimum Gasteiger partial charge on any atom is -0.476 e. The summed E-state index contributed by atoms with van der Waals surface area (Å²) in [6.45, 7) is 0. The lowest BCUT2D eigenvalue weighted by atomic mass is 10.4. The number of rotatable bonds is 3. The average Bonchev–Trinajstić information content (AvgIpc) is 2.31. The molecule has 80 valence electrons. The second kappa shape index (κ2) is 4.76. The van der Waals surface area contributed by atoms with Gasteiger partial charge in [0.05, 0.1) is 0 Å². The van der Waals surface area contributed by atoms with Crippen molar-refractivity contribution in [2.45, 2.75) is 9.92 Å². The van der Waals surface area contributed by atoms with Gasteiger partial charge < -0.3 is 5.11 Å². The Morgan fingerprint density at radius 1 is 1.12 bits per heavy atom. The Hall–Kier alpha value is -1.88. The number of carboxylic acids is 1. The molecule has 0 unspecified atom stereocenters. The van der Waals surface area contributed by atoms with Gasteiger partial charge in [-0.05, 0) is 12.1 Å². The van der Waals surface area contributed by atoms with Gasteiger partial charge in [-0.1, -0.05) is 30.0 Å². The summed E-state index contributed by atoms with van der Waals surface area (Å²) in [5.74, 6) is -1.06. The molecule has 16 heavy (non-hydrogen) atoms. The van der Waals surface area contributed by atoms with Gasteiger partial charge in [0.25, 0.3) is 0 Å². The summed E-state index contributed by atoms with van der Waals surface area (Å²) in [6.07, 6.45) is 2.86. The number of aromatic nitrogens is 2. The second-order valence-corrected chi connectivity index (χ2v) is 3.99. The first kappa shape index (κ1) is 10.6. The van der Waals surface area contributed by atoms with Gasteiger partial charge in [-0.2, -0.15) is 0 Å². The fraction of sp³-hybridized carbons (Fsp3) is 0. The molecular weight excluding hydrogens is 224 g/mol. The number of benzene rings is 1.